The SMILES string of the molecule is Cc1ccc(F)c(C(=O)N(C)c2ccc(Br)cc2N)c1. The summed E-state index contributed by atoms with van der Waals surface area (Å²) in [5.74, 6) is -0.969. The van der Waals surface area contributed by atoms with E-state index < -0.39 is 11.7 Å². The van der Waals surface area contributed by atoms with Gasteiger partial charge in [0.2, 0.25) is 0 Å². The fourth-order valence-electron chi connectivity index (χ4n) is 1.92. The van der Waals surface area contributed by atoms with Crippen molar-refractivity contribution in [2.24, 2.45) is 0 Å². The number of nitrogens with zero attached hydrogens (tertiary/aromatic N) is 1. The second kappa shape index (κ2) is 5.63. The lowest BCUT2D eigenvalue weighted by Crippen LogP contribution is -2.28. The molecule has 0 fully saturated rings. The summed E-state index contributed by atoms with van der Waals surface area (Å²) in [6.07, 6.45) is 0. The predicted molar refractivity (Wildman–Crippen MR) is 82.4 cm³/mol. The molecular formula is C15H14BrFN2O. The molecule has 20 heavy (non-hydrogen) atoms. The number of anilines is 2. The molecule has 2 rings (SSSR count). The average Bonchev–Trinajstić information content (AvgIpc) is 2.40. The van der Waals surface area contributed by atoms with E-state index in [-0.39, 0.29) is 5.56 Å². The van der Waals surface area contributed by atoms with Crippen LogP contribution in [-0.2, 0) is 0 Å². The summed E-state index contributed by atoms with van der Waals surface area (Å²) in [5.41, 5.74) is 7.74. The van der Waals surface area contributed by atoms with Gasteiger partial charge in [0.15, 0.2) is 0 Å². The molecule has 1 amide bonds. The van der Waals surface area contributed by atoms with Crippen LogP contribution < -0.4 is 10.6 Å². The van der Waals surface area contributed by atoms with Gasteiger partial charge in [-0.1, -0.05) is 27.6 Å². The number of aryl methyl sites for hydroxylation is 1. The molecule has 0 spiro atoms. The van der Waals surface area contributed by atoms with Gasteiger partial charge in [-0.3, -0.25) is 4.79 Å². The first-order valence-electron chi connectivity index (χ1n) is 5.99. The minimum absolute atomic E-state index is 0.0369. The van der Waals surface area contributed by atoms with Gasteiger partial charge in [-0.25, -0.2) is 4.39 Å². The Labute approximate surface area is 125 Å². The molecule has 0 aliphatic heterocycles. The van der Waals surface area contributed by atoms with Crippen molar-refractivity contribution < 1.29 is 9.18 Å². The maximum atomic E-state index is 13.8. The summed E-state index contributed by atoms with van der Waals surface area (Å²) in [5, 5.41) is 0. The zero-order valence-electron chi connectivity index (χ0n) is 11.2. The van der Waals surface area contributed by atoms with Gasteiger partial charge in [0.05, 0.1) is 16.9 Å². The molecule has 0 saturated heterocycles. The monoisotopic (exact) mass is 336 g/mol. The van der Waals surface area contributed by atoms with Crippen molar-refractivity contribution in [3.8, 4) is 0 Å². The molecule has 5 heteroatoms. The molecule has 0 saturated carbocycles. The lowest BCUT2D eigenvalue weighted by atomic mass is 10.1. The Hall–Kier alpha value is -1.88. The lowest BCUT2D eigenvalue weighted by Gasteiger charge is -2.20. The number of amides is 1. The Bertz CT molecular complexity index is 673. The number of hydrogen-bond donors (Lipinski definition) is 1. The van der Waals surface area contributed by atoms with Crippen LogP contribution in [0.5, 0.6) is 0 Å². The van der Waals surface area contributed by atoms with Gasteiger partial charge in [-0.15, -0.1) is 0 Å². The summed E-state index contributed by atoms with van der Waals surface area (Å²) >= 11 is 3.31. The summed E-state index contributed by atoms with van der Waals surface area (Å²) < 4.78 is 14.6. The minimum Gasteiger partial charge on any atom is -0.397 e. The van der Waals surface area contributed by atoms with E-state index in [2.05, 4.69) is 15.9 Å². The van der Waals surface area contributed by atoms with Gasteiger partial charge < -0.3 is 10.6 Å². The van der Waals surface area contributed by atoms with E-state index >= 15 is 0 Å². The van der Waals surface area contributed by atoms with Crippen LogP contribution in [0.25, 0.3) is 0 Å². The van der Waals surface area contributed by atoms with E-state index in [0.29, 0.717) is 11.4 Å². The number of nitrogens with two attached hydrogens (primary N) is 1. The molecule has 2 aromatic carbocycles. The van der Waals surface area contributed by atoms with Gasteiger partial charge in [0.1, 0.15) is 5.82 Å². The molecular weight excluding hydrogens is 323 g/mol. The smallest absolute Gasteiger partial charge is 0.261 e. The van der Waals surface area contributed by atoms with Gasteiger partial charge in [0, 0.05) is 11.5 Å². The second-order valence-corrected chi connectivity index (χ2v) is 5.47. The molecule has 0 radical (unpaired) electrons. The third kappa shape index (κ3) is 2.82. The predicted octanol–water partition coefficient (Wildman–Crippen LogP) is 3.76. The highest BCUT2D eigenvalue weighted by atomic mass is 79.9. The minimum atomic E-state index is -0.539. The number of carbonyl (C=O) groups excluding carboxylic acids is 1. The van der Waals surface area contributed by atoms with Crippen molar-refractivity contribution in [3.63, 3.8) is 0 Å². The van der Waals surface area contributed by atoms with Crippen LogP contribution in [0.4, 0.5) is 15.8 Å². The van der Waals surface area contributed by atoms with Crippen molar-refractivity contribution in [3.05, 3.63) is 57.8 Å². The Balaban J connectivity index is 2.40. The Morgan fingerprint density at radius 3 is 2.60 bits per heavy atom. The first kappa shape index (κ1) is 14.5. The Morgan fingerprint density at radius 2 is 1.95 bits per heavy atom. The normalized spacial score (nSPS) is 10.4. The standard InChI is InChI=1S/C15H14BrFN2O/c1-9-3-5-12(17)11(7-9)15(20)19(2)14-6-4-10(16)8-13(14)18/h3-8H,18H2,1-2H3. The fraction of sp³-hybridized carbons (Fsp3) is 0.133. The third-order valence-corrected chi connectivity index (χ3v) is 3.50. The van der Waals surface area contributed by atoms with Crippen LogP contribution in [0.15, 0.2) is 40.9 Å². The number of halogens is 2. The van der Waals surface area contributed by atoms with Gasteiger partial charge >= 0.3 is 0 Å². The van der Waals surface area contributed by atoms with E-state index in [1.165, 1.54) is 17.0 Å². The number of benzene rings is 2. The maximum Gasteiger partial charge on any atom is 0.261 e. The molecule has 3 nitrogen and oxygen atoms in total. The van der Waals surface area contributed by atoms with Crippen molar-refractivity contribution in [2.45, 2.75) is 6.92 Å². The molecule has 0 bridgehead atoms. The number of hydrogen-bond acceptors (Lipinski definition) is 2. The average molecular weight is 337 g/mol. The fourth-order valence-corrected chi connectivity index (χ4v) is 2.30. The van der Waals surface area contributed by atoms with Crippen LogP contribution in [0.2, 0.25) is 0 Å². The van der Waals surface area contributed by atoms with E-state index in [1.807, 2.05) is 6.92 Å². The largest absolute Gasteiger partial charge is 0.397 e. The van der Waals surface area contributed by atoms with E-state index in [9.17, 15) is 9.18 Å². The number of nitrogen functional groups attached to an aromatic ring is 1. The van der Waals surface area contributed by atoms with E-state index in [1.54, 1.807) is 31.3 Å². The molecule has 104 valence electrons. The van der Waals surface area contributed by atoms with Gasteiger partial charge in [-0.2, -0.15) is 0 Å². The molecule has 0 aromatic heterocycles. The Morgan fingerprint density at radius 1 is 1.25 bits per heavy atom. The lowest BCUT2D eigenvalue weighted by molar-refractivity contribution is 0.0989. The van der Waals surface area contributed by atoms with Gasteiger partial charge in [0.25, 0.3) is 5.91 Å². The molecule has 0 aliphatic rings. The van der Waals surface area contributed by atoms with Crippen molar-refractivity contribution >= 4 is 33.2 Å². The van der Waals surface area contributed by atoms with Crippen LogP contribution in [0.3, 0.4) is 0 Å². The quantitative estimate of drug-likeness (QED) is 0.849. The van der Waals surface area contributed by atoms with Crippen molar-refractivity contribution in [2.75, 3.05) is 17.7 Å². The maximum absolute atomic E-state index is 13.8. The van der Waals surface area contributed by atoms with E-state index in [4.69, 9.17) is 5.73 Å². The zero-order chi connectivity index (χ0) is 14.9. The first-order valence-corrected chi connectivity index (χ1v) is 6.78. The van der Waals surface area contributed by atoms with E-state index in [0.717, 1.165) is 10.0 Å². The summed E-state index contributed by atoms with van der Waals surface area (Å²) in [4.78, 5) is 13.7. The highest BCUT2D eigenvalue weighted by Crippen LogP contribution is 2.27. The highest BCUT2D eigenvalue weighted by molar-refractivity contribution is 9.10. The molecule has 2 N–H and O–H groups in total. The molecule has 2 aromatic rings. The molecule has 0 unspecified atom stereocenters. The van der Waals surface area contributed by atoms with Gasteiger partial charge in [-0.05, 0) is 37.3 Å². The Kier molecular flexibility index (Phi) is 4.09. The van der Waals surface area contributed by atoms with Crippen molar-refractivity contribution in [1.29, 1.82) is 0 Å². The van der Waals surface area contributed by atoms with Crippen molar-refractivity contribution in [1.82, 2.24) is 0 Å². The number of carbonyl (C=O) groups is 1. The highest BCUT2D eigenvalue weighted by Gasteiger charge is 2.19. The first-order chi connectivity index (χ1) is 9.40. The summed E-state index contributed by atoms with van der Waals surface area (Å²) in [6, 6.07) is 9.64. The summed E-state index contributed by atoms with van der Waals surface area (Å²) in [6.45, 7) is 1.81. The van der Waals surface area contributed by atoms with Crippen LogP contribution in [0, 0.1) is 12.7 Å². The molecule has 0 aliphatic carbocycles. The second-order valence-electron chi connectivity index (χ2n) is 4.55. The number of rotatable bonds is 2. The molecule has 0 atom stereocenters. The van der Waals surface area contributed by atoms with Crippen LogP contribution >= 0.6 is 15.9 Å². The topological polar surface area (TPSA) is 46.3 Å². The van der Waals surface area contributed by atoms with Crippen LogP contribution in [0.1, 0.15) is 15.9 Å². The third-order valence-electron chi connectivity index (χ3n) is 3.01. The summed E-state index contributed by atoms with van der Waals surface area (Å²) in [7, 11) is 1.57. The van der Waals surface area contributed by atoms with Crippen LogP contribution in [-0.4, -0.2) is 13.0 Å². The molecule has 0 heterocycles. The zero-order valence-corrected chi connectivity index (χ0v) is 12.7.